The van der Waals surface area contributed by atoms with Crippen molar-refractivity contribution in [3.05, 3.63) is 0 Å². The van der Waals surface area contributed by atoms with E-state index in [1.807, 2.05) is 0 Å². The Hall–Kier alpha value is -0.740. The van der Waals surface area contributed by atoms with Gasteiger partial charge in [0.2, 0.25) is 0 Å². The summed E-state index contributed by atoms with van der Waals surface area (Å²) >= 11 is 0. The maximum Gasteiger partial charge on any atom is 0.425 e. The largest absolute Gasteiger partial charge is 0.453 e. The molecular formula is C7H9F3O2. The highest BCUT2D eigenvalue weighted by Gasteiger charge is 2.42. The van der Waals surface area contributed by atoms with Gasteiger partial charge in [0.1, 0.15) is 0 Å². The number of halogens is 3. The molecule has 70 valence electrons. The quantitative estimate of drug-likeness (QED) is 0.536. The van der Waals surface area contributed by atoms with Gasteiger partial charge in [-0.1, -0.05) is 0 Å². The molecule has 0 aromatic carbocycles. The topological polar surface area (TPSA) is 26.3 Å². The number of rotatable bonds is 0. The van der Waals surface area contributed by atoms with Crippen molar-refractivity contribution in [2.24, 2.45) is 0 Å². The first-order valence-corrected chi connectivity index (χ1v) is 3.76. The van der Waals surface area contributed by atoms with Crippen molar-refractivity contribution in [2.45, 2.75) is 38.0 Å². The summed E-state index contributed by atoms with van der Waals surface area (Å²) in [5.41, 5.74) is 0. The van der Waals surface area contributed by atoms with E-state index in [0.29, 0.717) is 12.8 Å². The lowest BCUT2D eigenvalue weighted by Gasteiger charge is -2.17. The molecule has 1 saturated heterocycles. The zero-order valence-corrected chi connectivity index (χ0v) is 6.36. The Morgan fingerprint density at radius 3 is 2.58 bits per heavy atom. The third kappa shape index (κ3) is 2.39. The Morgan fingerprint density at radius 1 is 1.33 bits per heavy atom. The van der Waals surface area contributed by atoms with Gasteiger partial charge in [-0.15, -0.1) is 0 Å². The monoisotopic (exact) mass is 182 g/mol. The molecule has 1 fully saturated rings. The fourth-order valence-corrected chi connectivity index (χ4v) is 1.11. The van der Waals surface area contributed by atoms with Gasteiger partial charge in [-0.3, -0.25) is 4.79 Å². The highest BCUT2D eigenvalue weighted by atomic mass is 19.4. The number of hydrogen-bond acceptors (Lipinski definition) is 2. The lowest BCUT2D eigenvalue weighted by atomic mass is 10.1. The smallest absolute Gasteiger partial charge is 0.425 e. The molecule has 12 heavy (non-hydrogen) atoms. The standard InChI is InChI=1S/C7H9F3O2/c8-7(9,10)5-3-1-2-4-6(11)12-5/h5H,1-4H2. The molecule has 2 nitrogen and oxygen atoms in total. The first-order chi connectivity index (χ1) is 5.50. The van der Waals surface area contributed by atoms with E-state index >= 15 is 0 Å². The molecule has 0 aromatic heterocycles. The summed E-state index contributed by atoms with van der Waals surface area (Å²) in [5, 5.41) is 0. The van der Waals surface area contributed by atoms with E-state index in [2.05, 4.69) is 4.74 Å². The lowest BCUT2D eigenvalue weighted by molar-refractivity contribution is -0.220. The number of hydrogen-bond donors (Lipinski definition) is 0. The Morgan fingerprint density at radius 2 is 2.00 bits per heavy atom. The van der Waals surface area contributed by atoms with Gasteiger partial charge >= 0.3 is 12.1 Å². The molecule has 0 amide bonds. The Kier molecular flexibility index (Phi) is 2.59. The molecule has 5 heteroatoms. The van der Waals surface area contributed by atoms with E-state index in [1.54, 1.807) is 0 Å². The van der Waals surface area contributed by atoms with Crippen LogP contribution in [0.15, 0.2) is 0 Å². The van der Waals surface area contributed by atoms with Crippen LogP contribution in [0, 0.1) is 0 Å². The minimum atomic E-state index is -4.40. The number of carbonyl (C=O) groups is 1. The molecule has 0 radical (unpaired) electrons. The van der Waals surface area contributed by atoms with E-state index in [0.717, 1.165) is 0 Å². The van der Waals surface area contributed by atoms with Gasteiger partial charge in [-0.2, -0.15) is 13.2 Å². The van der Waals surface area contributed by atoms with Crippen LogP contribution in [0.2, 0.25) is 0 Å². The van der Waals surface area contributed by atoms with E-state index in [4.69, 9.17) is 0 Å². The van der Waals surface area contributed by atoms with Crippen molar-refractivity contribution < 1.29 is 22.7 Å². The van der Waals surface area contributed by atoms with Crippen molar-refractivity contribution in [2.75, 3.05) is 0 Å². The second kappa shape index (κ2) is 3.33. The van der Waals surface area contributed by atoms with Gasteiger partial charge in [0.05, 0.1) is 0 Å². The summed E-state index contributed by atoms with van der Waals surface area (Å²) in [4.78, 5) is 10.6. The Bertz CT molecular complexity index is 176. The van der Waals surface area contributed by atoms with Crippen molar-refractivity contribution >= 4 is 5.97 Å². The molecule has 1 unspecified atom stereocenters. The second-order valence-corrected chi connectivity index (χ2v) is 2.77. The maximum absolute atomic E-state index is 12.0. The highest BCUT2D eigenvalue weighted by molar-refractivity contribution is 5.69. The van der Waals surface area contributed by atoms with Crippen LogP contribution >= 0.6 is 0 Å². The number of ether oxygens (including phenoxy) is 1. The van der Waals surface area contributed by atoms with Crippen LogP contribution in [0.1, 0.15) is 25.7 Å². The molecule has 0 aromatic rings. The predicted octanol–water partition coefficient (Wildman–Crippen LogP) is 2.03. The molecule has 1 aliphatic heterocycles. The van der Waals surface area contributed by atoms with Gasteiger partial charge in [0.15, 0.2) is 6.10 Å². The van der Waals surface area contributed by atoms with Crippen LogP contribution in [-0.4, -0.2) is 18.2 Å². The maximum atomic E-state index is 12.0. The molecule has 1 heterocycles. The Labute approximate surface area is 67.7 Å². The van der Waals surface area contributed by atoms with Crippen LogP contribution < -0.4 is 0 Å². The molecule has 1 atom stereocenters. The molecule has 0 bridgehead atoms. The minimum Gasteiger partial charge on any atom is -0.453 e. The zero-order chi connectivity index (χ0) is 9.19. The summed E-state index contributed by atoms with van der Waals surface area (Å²) in [5.74, 6) is -0.741. The summed E-state index contributed by atoms with van der Waals surface area (Å²) < 4.78 is 40.3. The fourth-order valence-electron chi connectivity index (χ4n) is 1.11. The molecule has 1 aliphatic rings. The fraction of sp³-hybridized carbons (Fsp3) is 0.857. The molecule has 0 saturated carbocycles. The average molecular weight is 182 g/mol. The molecule has 0 N–H and O–H groups in total. The lowest BCUT2D eigenvalue weighted by Crippen LogP contribution is -2.32. The SMILES string of the molecule is O=C1CCCCC(C(F)(F)F)O1. The van der Waals surface area contributed by atoms with Gasteiger partial charge < -0.3 is 4.74 Å². The van der Waals surface area contributed by atoms with Crippen LogP contribution in [0.3, 0.4) is 0 Å². The van der Waals surface area contributed by atoms with E-state index in [1.165, 1.54) is 0 Å². The molecular weight excluding hydrogens is 173 g/mol. The third-order valence-electron chi connectivity index (χ3n) is 1.74. The van der Waals surface area contributed by atoms with Gasteiger partial charge in [0, 0.05) is 6.42 Å². The minimum absolute atomic E-state index is 0.102. The third-order valence-corrected chi connectivity index (χ3v) is 1.74. The summed E-state index contributed by atoms with van der Waals surface area (Å²) in [6.45, 7) is 0. The summed E-state index contributed by atoms with van der Waals surface area (Å²) in [6.07, 6.45) is -5.39. The summed E-state index contributed by atoms with van der Waals surface area (Å²) in [7, 11) is 0. The van der Waals surface area contributed by atoms with Gasteiger partial charge in [-0.05, 0) is 19.3 Å². The molecule has 0 spiro atoms. The van der Waals surface area contributed by atoms with Crippen LogP contribution in [0.4, 0.5) is 13.2 Å². The first kappa shape index (κ1) is 9.35. The van der Waals surface area contributed by atoms with Crippen LogP contribution in [0.5, 0.6) is 0 Å². The number of alkyl halides is 3. The second-order valence-electron chi connectivity index (χ2n) is 2.77. The first-order valence-electron chi connectivity index (χ1n) is 3.76. The van der Waals surface area contributed by atoms with E-state index < -0.39 is 18.2 Å². The van der Waals surface area contributed by atoms with Crippen LogP contribution in [-0.2, 0) is 9.53 Å². The van der Waals surface area contributed by atoms with E-state index in [-0.39, 0.29) is 12.8 Å². The van der Waals surface area contributed by atoms with Crippen molar-refractivity contribution in [1.82, 2.24) is 0 Å². The van der Waals surface area contributed by atoms with Gasteiger partial charge in [-0.25, -0.2) is 0 Å². The number of esters is 1. The summed E-state index contributed by atoms with van der Waals surface area (Å²) in [6, 6.07) is 0. The normalized spacial score (nSPS) is 26.2. The number of carbonyl (C=O) groups excluding carboxylic acids is 1. The predicted molar refractivity (Wildman–Crippen MR) is 34.4 cm³/mol. The van der Waals surface area contributed by atoms with Crippen LogP contribution in [0.25, 0.3) is 0 Å². The van der Waals surface area contributed by atoms with Crippen molar-refractivity contribution in [1.29, 1.82) is 0 Å². The Balaban J connectivity index is 2.58. The molecule has 1 rings (SSSR count). The molecule has 0 aliphatic carbocycles. The highest BCUT2D eigenvalue weighted by Crippen LogP contribution is 2.29. The van der Waals surface area contributed by atoms with Crippen molar-refractivity contribution in [3.63, 3.8) is 0 Å². The van der Waals surface area contributed by atoms with E-state index in [9.17, 15) is 18.0 Å². The zero-order valence-electron chi connectivity index (χ0n) is 6.36. The average Bonchev–Trinajstić information content (AvgIpc) is 2.11. The van der Waals surface area contributed by atoms with Crippen molar-refractivity contribution in [3.8, 4) is 0 Å². The van der Waals surface area contributed by atoms with Gasteiger partial charge in [0.25, 0.3) is 0 Å². The number of cyclic esters (lactones) is 1.